The molecule has 1 rings (SSSR count). The van der Waals surface area contributed by atoms with E-state index in [0.29, 0.717) is 30.7 Å². The number of aliphatic hydroxyl groups is 1. The van der Waals surface area contributed by atoms with E-state index in [4.69, 9.17) is 11.6 Å². The van der Waals surface area contributed by atoms with Crippen LogP contribution in [0, 0.1) is 4.91 Å². The number of nitrogens with one attached hydrogen (secondary N) is 1. The average molecular weight is 438 g/mol. The lowest BCUT2D eigenvalue weighted by Gasteiger charge is -2.36. The Bertz CT molecular complexity index is 594. The summed E-state index contributed by atoms with van der Waals surface area (Å²) in [7, 11) is -11.2. The van der Waals surface area contributed by atoms with Gasteiger partial charge in [0.05, 0.1) is 11.8 Å². The van der Waals surface area contributed by atoms with E-state index < -0.39 is 38.3 Å². The zero-order chi connectivity index (χ0) is 20.2. The van der Waals surface area contributed by atoms with Gasteiger partial charge in [-0.15, -0.1) is 16.5 Å². The van der Waals surface area contributed by atoms with Crippen molar-refractivity contribution in [2.24, 2.45) is 5.29 Å². The second kappa shape index (κ2) is 8.62. The zero-order valence-corrected chi connectivity index (χ0v) is 16.2. The van der Waals surface area contributed by atoms with Crippen LogP contribution in [0.4, 0.5) is 4.79 Å². The van der Waals surface area contributed by atoms with Gasteiger partial charge < -0.3 is 30.0 Å². The first-order valence-electron chi connectivity index (χ1n) is 7.64. The molecule has 1 aliphatic rings. The number of amides is 2. The van der Waals surface area contributed by atoms with E-state index in [1.807, 2.05) is 0 Å². The molecule has 0 aliphatic heterocycles. The van der Waals surface area contributed by atoms with Crippen molar-refractivity contribution in [3.8, 4) is 0 Å². The molecule has 15 heteroatoms. The summed E-state index contributed by atoms with van der Waals surface area (Å²) in [6, 6.07) is -0.890. The van der Waals surface area contributed by atoms with Crippen molar-refractivity contribution >= 4 is 32.8 Å². The summed E-state index contributed by atoms with van der Waals surface area (Å²) < 4.78 is 22.9. The van der Waals surface area contributed by atoms with Crippen LogP contribution in [-0.2, 0) is 9.13 Å². The van der Waals surface area contributed by atoms with Crippen LogP contribution in [0.15, 0.2) is 5.29 Å². The summed E-state index contributed by atoms with van der Waals surface area (Å²) in [5, 5.41) is 12.0. The molecule has 0 aromatic heterocycles. The normalized spacial score (nSPS) is 17.8. The molecule has 152 valence electrons. The molecule has 2 amide bonds. The van der Waals surface area contributed by atoms with E-state index in [-0.39, 0.29) is 18.8 Å². The van der Waals surface area contributed by atoms with Gasteiger partial charge >= 0.3 is 21.2 Å². The maximum Gasteiger partial charge on any atom is 0.369 e. The van der Waals surface area contributed by atoms with Crippen molar-refractivity contribution < 1.29 is 38.6 Å². The third-order valence-corrected chi connectivity index (χ3v) is 8.48. The molecule has 0 saturated heterocycles. The maximum absolute atomic E-state index is 12.1. The number of hydrogen-bond acceptors (Lipinski definition) is 6. The summed E-state index contributed by atoms with van der Waals surface area (Å²) in [6.07, 6.45) is 0.670. The molecule has 12 nitrogen and oxygen atoms in total. The second-order valence-corrected chi connectivity index (χ2v) is 10.6. The first-order chi connectivity index (χ1) is 11.8. The van der Waals surface area contributed by atoms with Gasteiger partial charge in [-0.3, -0.25) is 9.13 Å². The van der Waals surface area contributed by atoms with Gasteiger partial charge in [0.25, 0.3) is 5.08 Å². The van der Waals surface area contributed by atoms with Gasteiger partial charge in [-0.2, -0.15) is 5.01 Å². The monoisotopic (exact) mass is 437 g/mol. The number of urea groups is 1. The Morgan fingerprint density at radius 3 is 2.08 bits per heavy atom. The SMILES string of the molecule is O=NN(CCCl)C(=O)NC1(CCC(O)(P(=O)(O)O)P(=O)(O)O)CCCC1. The highest BCUT2D eigenvalue weighted by atomic mass is 35.5. The van der Waals surface area contributed by atoms with Gasteiger partial charge in [-0.1, -0.05) is 12.8 Å². The largest absolute Gasteiger partial charge is 0.369 e. The van der Waals surface area contributed by atoms with Crippen LogP contribution in [0.2, 0.25) is 0 Å². The third kappa shape index (κ3) is 5.24. The van der Waals surface area contributed by atoms with Crippen molar-refractivity contribution in [2.75, 3.05) is 12.4 Å². The van der Waals surface area contributed by atoms with Gasteiger partial charge in [-0.25, -0.2) is 4.79 Å². The molecule has 26 heavy (non-hydrogen) atoms. The van der Waals surface area contributed by atoms with E-state index >= 15 is 0 Å². The molecule has 0 aromatic rings. The number of nitroso groups, excluding NO2 is 1. The molecule has 0 aromatic carbocycles. The van der Waals surface area contributed by atoms with Crippen molar-refractivity contribution in [3.63, 3.8) is 0 Å². The van der Waals surface area contributed by atoms with Crippen LogP contribution in [0.25, 0.3) is 0 Å². The molecule has 6 N–H and O–H groups in total. The lowest BCUT2D eigenvalue weighted by atomic mass is 9.91. The topological polar surface area (TPSA) is 197 Å². The Morgan fingerprint density at radius 2 is 1.69 bits per heavy atom. The maximum atomic E-state index is 12.1. The lowest BCUT2D eigenvalue weighted by Crippen LogP contribution is -2.51. The molecule has 1 fully saturated rings. The van der Waals surface area contributed by atoms with E-state index in [0.717, 1.165) is 0 Å². The molecule has 0 atom stereocenters. The Hall–Kier alpha value is -0.580. The molecule has 0 radical (unpaired) electrons. The minimum atomic E-state index is -5.58. The molecular weight excluding hydrogens is 416 g/mol. The Balaban J connectivity index is 3.00. The quantitative estimate of drug-likeness (QED) is 0.132. The summed E-state index contributed by atoms with van der Waals surface area (Å²) in [6.45, 7) is -0.165. The predicted octanol–water partition coefficient (Wildman–Crippen LogP) is 1.01. The summed E-state index contributed by atoms with van der Waals surface area (Å²) in [4.78, 5) is 59.7. The Labute approximate surface area is 154 Å². The van der Waals surface area contributed by atoms with Crippen molar-refractivity contribution in [1.29, 1.82) is 0 Å². The fourth-order valence-corrected chi connectivity index (χ4v) is 5.23. The van der Waals surface area contributed by atoms with Gasteiger partial charge in [0.2, 0.25) is 0 Å². The van der Waals surface area contributed by atoms with Gasteiger partial charge in [0.15, 0.2) is 0 Å². The number of carbonyl (C=O) groups is 1. The molecule has 0 unspecified atom stereocenters. The van der Waals surface area contributed by atoms with Gasteiger partial charge in [-0.05, 0) is 19.3 Å². The summed E-state index contributed by atoms with van der Waals surface area (Å²) in [5.41, 5.74) is -1.09. The highest BCUT2D eigenvalue weighted by Crippen LogP contribution is 2.69. The first kappa shape index (κ1) is 23.5. The van der Waals surface area contributed by atoms with E-state index in [2.05, 4.69) is 10.6 Å². The van der Waals surface area contributed by atoms with Crippen LogP contribution in [-0.4, -0.2) is 58.8 Å². The highest BCUT2D eigenvalue weighted by Gasteiger charge is 2.59. The van der Waals surface area contributed by atoms with Crippen LogP contribution < -0.4 is 5.32 Å². The van der Waals surface area contributed by atoms with Crippen LogP contribution in [0.5, 0.6) is 0 Å². The summed E-state index contributed by atoms with van der Waals surface area (Å²) >= 11 is 5.46. The van der Waals surface area contributed by atoms with Crippen molar-refractivity contribution in [2.45, 2.75) is 49.1 Å². The van der Waals surface area contributed by atoms with E-state index in [9.17, 15) is 43.5 Å². The van der Waals surface area contributed by atoms with Gasteiger partial charge in [0.1, 0.15) is 0 Å². The minimum Gasteiger partial charge on any atom is -0.368 e. The fourth-order valence-electron chi connectivity index (χ4n) is 2.91. The highest BCUT2D eigenvalue weighted by molar-refractivity contribution is 7.72. The fraction of sp³-hybridized carbons (Fsp3) is 0.909. The second-order valence-electron chi connectivity index (χ2n) is 6.17. The number of carbonyl (C=O) groups excluding carboxylic acids is 1. The van der Waals surface area contributed by atoms with Crippen molar-refractivity contribution in [3.05, 3.63) is 4.91 Å². The Morgan fingerprint density at radius 1 is 1.19 bits per heavy atom. The molecular formula is C11H22ClN3O9P2. The van der Waals surface area contributed by atoms with Crippen LogP contribution >= 0.6 is 26.8 Å². The number of halogens is 1. The first-order valence-corrected chi connectivity index (χ1v) is 11.4. The number of nitrogens with zero attached hydrogens (tertiary/aromatic N) is 2. The number of hydrogen-bond donors (Lipinski definition) is 6. The smallest absolute Gasteiger partial charge is 0.368 e. The third-order valence-electron chi connectivity index (χ3n) is 4.43. The average Bonchev–Trinajstić information content (AvgIpc) is 2.96. The lowest BCUT2D eigenvalue weighted by molar-refractivity contribution is 0.109. The molecule has 0 bridgehead atoms. The molecule has 1 aliphatic carbocycles. The van der Waals surface area contributed by atoms with E-state index in [1.165, 1.54) is 0 Å². The van der Waals surface area contributed by atoms with Crippen molar-refractivity contribution in [1.82, 2.24) is 10.3 Å². The van der Waals surface area contributed by atoms with Crippen LogP contribution in [0.1, 0.15) is 38.5 Å². The number of alkyl halides is 1. The van der Waals surface area contributed by atoms with Crippen LogP contribution in [0.3, 0.4) is 0 Å². The summed E-state index contributed by atoms with van der Waals surface area (Å²) in [5.74, 6) is -0.0532. The standard InChI is InChI=1S/C11H22ClN3O9P2/c12-7-8-15(14-18)9(16)13-10(3-1-2-4-10)5-6-11(17,25(19,20)21)26(22,23)24/h17H,1-8H2,(H,13,16)(H2,19,20,21)(H2,22,23,24). The molecule has 0 spiro atoms. The van der Waals surface area contributed by atoms with E-state index in [1.54, 1.807) is 0 Å². The zero-order valence-electron chi connectivity index (χ0n) is 13.7. The predicted molar refractivity (Wildman–Crippen MR) is 91.2 cm³/mol. The molecule has 0 heterocycles. The Kier molecular flexibility index (Phi) is 7.78. The van der Waals surface area contributed by atoms with Gasteiger partial charge in [0, 0.05) is 17.8 Å². The molecule has 1 saturated carbocycles. The number of rotatable bonds is 9. The minimum absolute atomic E-state index is 0.0532.